The Balaban J connectivity index is 2.32. The van der Waals surface area contributed by atoms with E-state index >= 15 is 0 Å². The lowest BCUT2D eigenvalue weighted by Crippen LogP contribution is -2.35. The average Bonchev–Trinajstić information content (AvgIpc) is 3.02. The second-order valence-electron chi connectivity index (χ2n) is 5.60. The molecule has 0 fully saturated rings. The summed E-state index contributed by atoms with van der Waals surface area (Å²) in [5.74, 6) is 2.26. The van der Waals surface area contributed by atoms with Crippen LogP contribution in [0.2, 0.25) is 0 Å². The lowest BCUT2D eigenvalue weighted by Gasteiger charge is -2.28. The number of fused-ring (bicyclic) bond motifs is 1. The van der Waals surface area contributed by atoms with Crippen LogP contribution in [0.25, 0.3) is 4.96 Å². The van der Waals surface area contributed by atoms with Gasteiger partial charge in [-0.05, 0) is 12.7 Å². The van der Waals surface area contributed by atoms with Gasteiger partial charge in [-0.1, -0.05) is 20.8 Å². The molecule has 118 valence electrons. The van der Waals surface area contributed by atoms with E-state index in [1.165, 1.54) is 5.69 Å². The summed E-state index contributed by atoms with van der Waals surface area (Å²) in [6.45, 7) is 7.46. The Morgan fingerprint density at radius 3 is 2.86 bits per heavy atom. The van der Waals surface area contributed by atoms with Crippen LogP contribution < -0.4 is 10.2 Å². The van der Waals surface area contributed by atoms with E-state index in [0.29, 0.717) is 12.1 Å². The minimum absolute atomic E-state index is 0.473. The maximum absolute atomic E-state index is 4.86. The quantitative estimate of drug-likeness (QED) is 0.805. The Bertz CT molecular complexity index is 561. The highest BCUT2D eigenvalue weighted by molar-refractivity contribution is 7.98. The summed E-state index contributed by atoms with van der Waals surface area (Å²) in [6, 6.07) is 1.00. The zero-order valence-electron chi connectivity index (χ0n) is 13.6. The van der Waals surface area contributed by atoms with Gasteiger partial charge in [0.2, 0.25) is 0 Å². The number of nitrogens with one attached hydrogen (secondary N) is 1. The second kappa shape index (κ2) is 7.51. The van der Waals surface area contributed by atoms with Crippen LogP contribution in [0.4, 0.5) is 5.82 Å². The number of imidazole rings is 1. The number of hydrogen-bond donors (Lipinski definition) is 1. The molecule has 0 aromatic carbocycles. The van der Waals surface area contributed by atoms with E-state index in [-0.39, 0.29) is 0 Å². The molecule has 0 radical (unpaired) electrons. The largest absolute Gasteiger partial charge is 0.354 e. The molecule has 2 rings (SSSR count). The number of anilines is 1. The normalized spacial score (nSPS) is 13.2. The number of rotatable bonds is 8. The molecular formula is C15H26N4S2. The van der Waals surface area contributed by atoms with Gasteiger partial charge >= 0.3 is 0 Å². The Labute approximate surface area is 135 Å². The van der Waals surface area contributed by atoms with Gasteiger partial charge in [-0.3, -0.25) is 4.40 Å². The van der Waals surface area contributed by atoms with Crippen molar-refractivity contribution in [3.8, 4) is 0 Å². The molecule has 4 nitrogen and oxygen atoms in total. The lowest BCUT2D eigenvalue weighted by molar-refractivity contribution is 0.576. The van der Waals surface area contributed by atoms with Crippen molar-refractivity contribution in [3.63, 3.8) is 0 Å². The fraction of sp³-hybridized carbons (Fsp3) is 0.667. The SMILES string of the molecule is CCC(CSC)N(C)c1nc2sccn2c1CNC(C)C. The van der Waals surface area contributed by atoms with Crippen molar-refractivity contribution in [1.29, 1.82) is 0 Å². The van der Waals surface area contributed by atoms with Crippen molar-refractivity contribution in [2.45, 2.75) is 45.8 Å². The van der Waals surface area contributed by atoms with Crippen molar-refractivity contribution < 1.29 is 0 Å². The molecule has 2 aromatic rings. The highest BCUT2D eigenvalue weighted by atomic mass is 32.2. The molecule has 0 aliphatic carbocycles. The summed E-state index contributed by atoms with van der Waals surface area (Å²) in [5.41, 5.74) is 1.27. The van der Waals surface area contributed by atoms with Crippen LogP contribution in [0.1, 0.15) is 32.9 Å². The number of hydrogen-bond acceptors (Lipinski definition) is 5. The van der Waals surface area contributed by atoms with Crippen molar-refractivity contribution in [1.82, 2.24) is 14.7 Å². The van der Waals surface area contributed by atoms with E-state index in [4.69, 9.17) is 4.98 Å². The Morgan fingerprint density at radius 1 is 1.48 bits per heavy atom. The molecule has 0 bridgehead atoms. The highest BCUT2D eigenvalue weighted by Crippen LogP contribution is 2.26. The van der Waals surface area contributed by atoms with Crippen molar-refractivity contribution in [3.05, 3.63) is 17.3 Å². The topological polar surface area (TPSA) is 32.6 Å². The third kappa shape index (κ3) is 3.73. The van der Waals surface area contributed by atoms with Crippen LogP contribution in [0.5, 0.6) is 0 Å². The summed E-state index contributed by atoms with van der Waals surface area (Å²) >= 11 is 3.60. The lowest BCUT2D eigenvalue weighted by atomic mass is 10.2. The Hall–Kier alpha value is -0.720. The number of nitrogens with zero attached hydrogens (tertiary/aromatic N) is 3. The van der Waals surface area contributed by atoms with E-state index < -0.39 is 0 Å². The van der Waals surface area contributed by atoms with Crippen molar-refractivity contribution >= 4 is 33.9 Å². The maximum Gasteiger partial charge on any atom is 0.195 e. The van der Waals surface area contributed by atoms with E-state index in [2.05, 4.69) is 60.3 Å². The molecule has 2 heterocycles. The monoisotopic (exact) mass is 326 g/mol. The van der Waals surface area contributed by atoms with Gasteiger partial charge in [-0.15, -0.1) is 11.3 Å². The van der Waals surface area contributed by atoms with Crippen molar-refractivity contribution in [2.75, 3.05) is 24.0 Å². The van der Waals surface area contributed by atoms with E-state index in [1.54, 1.807) is 11.3 Å². The molecule has 21 heavy (non-hydrogen) atoms. The first-order valence-electron chi connectivity index (χ1n) is 7.48. The number of thioether (sulfide) groups is 1. The summed E-state index contributed by atoms with van der Waals surface area (Å²) in [4.78, 5) is 8.29. The number of thiazole rings is 1. The fourth-order valence-corrected chi connectivity index (χ4v) is 4.01. The van der Waals surface area contributed by atoms with Crippen LogP contribution in [0.15, 0.2) is 11.6 Å². The van der Waals surface area contributed by atoms with Crippen molar-refractivity contribution in [2.24, 2.45) is 0 Å². The van der Waals surface area contributed by atoms with Gasteiger partial charge in [0.15, 0.2) is 10.8 Å². The molecule has 0 saturated carbocycles. The van der Waals surface area contributed by atoms with Gasteiger partial charge in [-0.25, -0.2) is 4.98 Å². The van der Waals surface area contributed by atoms with Gasteiger partial charge in [-0.2, -0.15) is 11.8 Å². The van der Waals surface area contributed by atoms with Crippen LogP contribution in [-0.2, 0) is 6.54 Å². The molecule has 0 aliphatic rings. The molecular weight excluding hydrogens is 300 g/mol. The Kier molecular flexibility index (Phi) is 5.96. The molecule has 0 spiro atoms. The first-order chi connectivity index (χ1) is 10.1. The predicted molar refractivity (Wildman–Crippen MR) is 95.9 cm³/mol. The van der Waals surface area contributed by atoms with Crippen LogP contribution in [0.3, 0.4) is 0 Å². The summed E-state index contributed by atoms with van der Waals surface area (Å²) in [6.07, 6.45) is 5.43. The maximum atomic E-state index is 4.86. The minimum Gasteiger partial charge on any atom is -0.354 e. The molecule has 6 heteroatoms. The molecule has 0 amide bonds. The highest BCUT2D eigenvalue weighted by Gasteiger charge is 2.21. The standard InChI is InChI=1S/C15H26N4S2/c1-6-12(10-20-5)18(4)14-13(9-16-11(2)3)19-7-8-21-15(19)17-14/h7-8,11-12,16H,6,9-10H2,1-5H3. The third-order valence-electron chi connectivity index (χ3n) is 3.73. The number of aromatic nitrogens is 2. The first-order valence-corrected chi connectivity index (χ1v) is 9.75. The zero-order chi connectivity index (χ0) is 15.4. The molecule has 1 unspecified atom stereocenters. The molecule has 2 aromatic heterocycles. The van der Waals surface area contributed by atoms with Gasteiger partial charge < -0.3 is 10.2 Å². The van der Waals surface area contributed by atoms with Gasteiger partial charge in [0, 0.05) is 43.0 Å². The summed E-state index contributed by atoms with van der Waals surface area (Å²) in [5, 5.41) is 5.63. The minimum atomic E-state index is 0.473. The molecule has 0 saturated heterocycles. The molecule has 1 atom stereocenters. The third-order valence-corrected chi connectivity index (χ3v) is 5.20. The van der Waals surface area contributed by atoms with E-state index in [0.717, 1.165) is 29.5 Å². The van der Waals surface area contributed by atoms with Crippen LogP contribution in [-0.4, -0.2) is 40.5 Å². The predicted octanol–water partition coefficient (Wildman–Crippen LogP) is 3.47. The first kappa shape index (κ1) is 16.6. The second-order valence-corrected chi connectivity index (χ2v) is 7.39. The van der Waals surface area contributed by atoms with E-state index in [1.807, 2.05) is 11.8 Å². The van der Waals surface area contributed by atoms with Gasteiger partial charge in [0.1, 0.15) is 0 Å². The fourth-order valence-electron chi connectivity index (χ4n) is 2.44. The molecule has 0 aliphatic heterocycles. The van der Waals surface area contributed by atoms with Gasteiger partial charge in [0.25, 0.3) is 0 Å². The zero-order valence-corrected chi connectivity index (χ0v) is 15.2. The summed E-state index contributed by atoms with van der Waals surface area (Å²) in [7, 11) is 2.18. The van der Waals surface area contributed by atoms with E-state index in [9.17, 15) is 0 Å². The average molecular weight is 327 g/mol. The smallest absolute Gasteiger partial charge is 0.195 e. The molecule has 1 N–H and O–H groups in total. The van der Waals surface area contributed by atoms with Gasteiger partial charge in [0.05, 0.1) is 5.69 Å². The van der Waals surface area contributed by atoms with Crippen LogP contribution in [0, 0.1) is 0 Å². The van der Waals surface area contributed by atoms with Crippen LogP contribution >= 0.6 is 23.1 Å². The summed E-state index contributed by atoms with van der Waals surface area (Å²) < 4.78 is 2.22. The Morgan fingerprint density at radius 2 is 2.24 bits per heavy atom.